The van der Waals surface area contributed by atoms with E-state index in [-0.39, 0.29) is 23.7 Å². The van der Waals surface area contributed by atoms with Crippen molar-refractivity contribution in [3.05, 3.63) is 64.9 Å². The van der Waals surface area contributed by atoms with Gasteiger partial charge in [0.1, 0.15) is 5.15 Å². The molecule has 1 atom stereocenters. The van der Waals surface area contributed by atoms with Crippen LogP contribution in [0.25, 0.3) is 0 Å². The van der Waals surface area contributed by atoms with E-state index in [0.29, 0.717) is 12.0 Å². The zero-order valence-electron chi connectivity index (χ0n) is 10.8. The number of aromatic nitrogens is 1. The molecule has 0 aliphatic heterocycles. The zero-order chi connectivity index (χ0) is 14.4. The molecule has 0 aliphatic carbocycles. The number of nitrogens with zero attached hydrogens (tertiary/aromatic N) is 1. The van der Waals surface area contributed by atoms with Gasteiger partial charge in [-0.2, -0.15) is 0 Å². The molecular formula is C15H15ClN2O2. The molecule has 5 heteroatoms. The molecule has 4 nitrogen and oxygen atoms in total. The first-order valence-corrected chi connectivity index (χ1v) is 6.64. The monoisotopic (exact) mass is 290 g/mol. The highest BCUT2D eigenvalue weighted by Gasteiger charge is 2.14. The predicted molar refractivity (Wildman–Crippen MR) is 77.7 cm³/mol. The SMILES string of the molecule is O=C(NC(CO)Cc1ccccc1)c1ccnc(Cl)c1. The number of aliphatic hydroxyl groups excluding tert-OH is 1. The van der Waals surface area contributed by atoms with Crippen molar-refractivity contribution in [2.24, 2.45) is 0 Å². The summed E-state index contributed by atoms with van der Waals surface area (Å²) in [4.78, 5) is 15.9. The van der Waals surface area contributed by atoms with E-state index in [4.69, 9.17) is 11.6 Å². The molecule has 1 heterocycles. The van der Waals surface area contributed by atoms with Crippen LogP contribution in [0.3, 0.4) is 0 Å². The van der Waals surface area contributed by atoms with E-state index < -0.39 is 0 Å². The molecule has 2 aromatic rings. The van der Waals surface area contributed by atoms with Gasteiger partial charge < -0.3 is 10.4 Å². The van der Waals surface area contributed by atoms with E-state index in [9.17, 15) is 9.90 Å². The minimum atomic E-state index is -0.336. The third-order valence-electron chi connectivity index (χ3n) is 2.87. The lowest BCUT2D eigenvalue weighted by molar-refractivity contribution is 0.0916. The molecule has 1 aromatic carbocycles. The fraction of sp³-hybridized carbons (Fsp3) is 0.200. The van der Waals surface area contributed by atoms with Crippen molar-refractivity contribution in [2.75, 3.05) is 6.61 Å². The number of nitrogens with one attached hydrogen (secondary N) is 1. The third-order valence-corrected chi connectivity index (χ3v) is 3.08. The Morgan fingerprint density at radius 3 is 2.70 bits per heavy atom. The van der Waals surface area contributed by atoms with Crippen molar-refractivity contribution in [3.8, 4) is 0 Å². The van der Waals surface area contributed by atoms with Crippen LogP contribution in [0.15, 0.2) is 48.7 Å². The summed E-state index contributed by atoms with van der Waals surface area (Å²) in [6, 6.07) is 12.4. The van der Waals surface area contributed by atoms with Gasteiger partial charge in [-0.1, -0.05) is 41.9 Å². The van der Waals surface area contributed by atoms with E-state index in [2.05, 4.69) is 10.3 Å². The van der Waals surface area contributed by atoms with E-state index in [1.807, 2.05) is 30.3 Å². The standard InChI is InChI=1S/C15H15ClN2O2/c16-14-9-12(6-7-17-14)15(20)18-13(10-19)8-11-4-2-1-3-5-11/h1-7,9,13,19H,8,10H2,(H,18,20). The Morgan fingerprint density at radius 1 is 1.30 bits per heavy atom. The topological polar surface area (TPSA) is 62.2 Å². The van der Waals surface area contributed by atoms with Crippen LogP contribution < -0.4 is 5.32 Å². The number of hydrogen-bond acceptors (Lipinski definition) is 3. The Kier molecular flexibility index (Phi) is 5.09. The molecular weight excluding hydrogens is 276 g/mol. The summed E-state index contributed by atoms with van der Waals surface area (Å²) in [6.07, 6.45) is 2.05. The number of carbonyl (C=O) groups is 1. The van der Waals surface area contributed by atoms with Crippen molar-refractivity contribution < 1.29 is 9.90 Å². The Balaban J connectivity index is 2.01. The molecule has 0 fully saturated rings. The molecule has 1 unspecified atom stereocenters. The average Bonchev–Trinajstić information content (AvgIpc) is 2.47. The normalized spacial score (nSPS) is 11.9. The summed E-state index contributed by atoms with van der Waals surface area (Å²) < 4.78 is 0. The van der Waals surface area contributed by atoms with Gasteiger partial charge in [0.15, 0.2) is 0 Å². The van der Waals surface area contributed by atoms with Crippen LogP contribution in [0, 0.1) is 0 Å². The zero-order valence-corrected chi connectivity index (χ0v) is 11.5. The number of pyridine rings is 1. The molecule has 104 valence electrons. The number of amides is 1. The van der Waals surface area contributed by atoms with E-state index in [1.54, 1.807) is 6.07 Å². The van der Waals surface area contributed by atoms with Gasteiger partial charge in [-0.15, -0.1) is 0 Å². The molecule has 0 radical (unpaired) electrons. The maximum Gasteiger partial charge on any atom is 0.251 e. The molecule has 1 aromatic heterocycles. The largest absolute Gasteiger partial charge is 0.394 e. The highest BCUT2D eigenvalue weighted by molar-refractivity contribution is 6.29. The van der Waals surface area contributed by atoms with Crippen LogP contribution in [0.5, 0.6) is 0 Å². The van der Waals surface area contributed by atoms with Crippen LogP contribution in [0.1, 0.15) is 15.9 Å². The predicted octanol–water partition coefficient (Wildman–Crippen LogP) is 2.07. The highest BCUT2D eigenvalue weighted by atomic mass is 35.5. The van der Waals surface area contributed by atoms with E-state index >= 15 is 0 Å². The maximum absolute atomic E-state index is 12.0. The second kappa shape index (κ2) is 7.03. The first-order valence-electron chi connectivity index (χ1n) is 6.26. The quantitative estimate of drug-likeness (QED) is 0.829. The molecule has 20 heavy (non-hydrogen) atoms. The van der Waals surface area contributed by atoms with Gasteiger partial charge in [-0.25, -0.2) is 4.98 Å². The second-order valence-corrected chi connectivity index (χ2v) is 4.80. The van der Waals surface area contributed by atoms with Crippen LogP contribution in [0.2, 0.25) is 5.15 Å². The number of benzene rings is 1. The Bertz CT molecular complexity index is 575. The molecule has 0 spiro atoms. The lowest BCUT2D eigenvalue weighted by Gasteiger charge is -2.16. The fourth-order valence-electron chi connectivity index (χ4n) is 1.87. The number of hydrogen-bond donors (Lipinski definition) is 2. The van der Waals surface area contributed by atoms with Gasteiger partial charge in [0, 0.05) is 11.8 Å². The fourth-order valence-corrected chi connectivity index (χ4v) is 2.05. The van der Waals surface area contributed by atoms with Crippen LogP contribution in [0.4, 0.5) is 0 Å². The minimum Gasteiger partial charge on any atom is -0.394 e. The van der Waals surface area contributed by atoms with Crippen molar-refractivity contribution in [2.45, 2.75) is 12.5 Å². The molecule has 1 amide bonds. The first-order chi connectivity index (χ1) is 9.69. The Hall–Kier alpha value is -1.91. The summed E-state index contributed by atoms with van der Waals surface area (Å²) in [5.74, 6) is -0.274. The van der Waals surface area contributed by atoms with Crippen molar-refractivity contribution >= 4 is 17.5 Å². The van der Waals surface area contributed by atoms with Gasteiger partial charge in [0.05, 0.1) is 12.6 Å². The van der Waals surface area contributed by atoms with Gasteiger partial charge in [-0.05, 0) is 24.1 Å². The van der Waals surface area contributed by atoms with Crippen LogP contribution in [-0.2, 0) is 6.42 Å². The summed E-state index contributed by atoms with van der Waals surface area (Å²) in [7, 11) is 0. The third kappa shape index (κ3) is 4.05. The number of carbonyl (C=O) groups excluding carboxylic acids is 1. The number of aliphatic hydroxyl groups is 1. The van der Waals surface area contributed by atoms with E-state index in [0.717, 1.165) is 5.56 Å². The van der Waals surface area contributed by atoms with Gasteiger partial charge in [-0.3, -0.25) is 4.79 Å². The molecule has 0 aliphatic rings. The summed E-state index contributed by atoms with van der Waals surface area (Å²) in [5.41, 5.74) is 1.48. The van der Waals surface area contributed by atoms with Gasteiger partial charge >= 0.3 is 0 Å². The summed E-state index contributed by atoms with van der Waals surface area (Å²) >= 11 is 5.75. The van der Waals surface area contributed by atoms with Crippen molar-refractivity contribution in [1.29, 1.82) is 0 Å². The van der Waals surface area contributed by atoms with E-state index in [1.165, 1.54) is 12.3 Å². The van der Waals surface area contributed by atoms with Crippen molar-refractivity contribution in [3.63, 3.8) is 0 Å². The average molecular weight is 291 g/mol. The van der Waals surface area contributed by atoms with Gasteiger partial charge in [0.2, 0.25) is 0 Å². The Morgan fingerprint density at radius 2 is 2.05 bits per heavy atom. The van der Waals surface area contributed by atoms with Crippen LogP contribution in [-0.4, -0.2) is 28.6 Å². The minimum absolute atomic E-state index is 0.126. The van der Waals surface area contributed by atoms with Crippen molar-refractivity contribution in [1.82, 2.24) is 10.3 Å². The lowest BCUT2D eigenvalue weighted by Crippen LogP contribution is -2.39. The van der Waals surface area contributed by atoms with Gasteiger partial charge in [0.25, 0.3) is 5.91 Å². The van der Waals surface area contributed by atoms with Crippen LogP contribution >= 0.6 is 11.6 Å². The number of rotatable bonds is 5. The Labute approximate surface area is 122 Å². The molecule has 0 saturated heterocycles. The highest BCUT2D eigenvalue weighted by Crippen LogP contribution is 2.08. The lowest BCUT2D eigenvalue weighted by atomic mass is 10.1. The molecule has 0 bridgehead atoms. The molecule has 2 rings (SSSR count). The summed E-state index contributed by atoms with van der Waals surface area (Å²) in [6.45, 7) is -0.126. The maximum atomic E-state index is 12.0. The molecule has 2 N–H and O–H groups in total. The smallest absolute Gasteiger partial charge is 0.251 e. The summed E-state index contributed by atoms with van der Waals surface area (Å²) in [5, 5.41) is 12.4. The molecule has 0 saturated carbocycles. The first kappa shape index (κ1) is 14.5. The number of halogens is 1. The second-order valence-electron chi connectivity index (χ2n) is 4.41.